The number of halogens is 1. The van der Waals surface area contributed by atoms with Gasteiger partial charge in [-0.3, -0.25) is 10.00 Å². The van der Waals surface area contributed by atoms with E-state index in [0.29, 0.717) is 28.8 Å². The Morgan fingerprint density at radius 2 is 1.88 bits per heavy atom. The molecule has 2 heterocycles. The number of nitrogens with zero attached hydrogens (tertiary/aromatic N) is 3. The lowest BCUT2D eigenvalue weighted by Gasteiger charge is -2.22. The fourth-order valence-corrected chi connectivity index (χ4v) is 3.42. The Hall–Kier alpha value is -3.53. The zero-order chi connectivity index (χ0) is 24.9. The van der Waals surface area contributed by atoms with E-state index in [4.69, 9.17) is 16.3 Å². The topological polar surface area (TPSA) is 123 Å². The molecule has 10 nitrogen and oxygen atoms in total. The molecule has 0 spiro atoms. The molecular weight excluding hydrogens is 460 g/mol. The zero-order valence-corrected chi connectivity index (χ0v) is 20.6. The van der Waals surface area contributed by atoms with Crippen molar-refractivity contribution in [1.82, 2.24) is 25.1 Å². The molecule has 0 aliphatic rings. The molecule has 0 aliphatic carbocycles. The van der Waals surface area contributed by atoms with Crippen LogP contribution in [-0.2, 0) is 22.4 Å². The Bertz CT molecular complexity index is 1130. The van der Waals surface area contributed by atoms with E-state index in [2.05, 4.69) is 30.4 Å². The van der Waals surface area contributed by atoms with Gasteiger partial charge in [-0.1, -0.05) is 23.7 Å². The lowest BCUT2D eigenvalue weighted by molar-refractivity contribution is 0.0501. The summed E-state index contributed by atoms with van der Waals surface area (Å²) in [5.74, 6) is 0.466. The second-order valence-corrected chi connectivity index (χ2v) is 8.92. The molecule has 0 saturated heterocycles. The van der Waals surface area contributed by atoms with Crippen molar-refractivity contribution in [1.29, 1.82) is 0 Å². The average molecular weight is 489 g/mol. The lowest BCUT2D eigenvalue weighted by Crippen LogP contribution is -2.36. The Labute approximate surface area is 203 Å². The molecule has 3 aromatic rings. The number of imidazole rings is 1. The van der Waals surface area contributed by atoms with E-state index >= 15 is 0 Å². The van der Waals surface area contributed by atoms with Crippen molar-refractivity contribution < 1.29 is 19.1 Å². The third-order valence-corrected chi connectivity index (χ3v) is 5.00. The summed E-state index contributed by atoms with van der Waals surface area (Å²) >= 11 is 6.47. The number of hydrogen-bond donors (Lipinski definition) is 3. The minimum atomic E-state index is -0.648. The van der Waals surface area contributed by atoms with E-state index in [0.717, 1.165) is 17.8 Å². The summed E-state index contributed by atoms with van der Waals surface area (Å²) in [4.78, 5) is 31.6. The molecule has 0 radical (unpaired) electrons. The van der Waals surface area contributed by atoms with Crippen LogP contribution in [-0.4, -0.2) is 44.6 Å². The first kappa shape index (κ1) is 25.1. The number of benzene rings is 1. The zero-order valence-electron chi connectivity index (χ0n) is 19.8. The summed E-state index contributed by atoms with van der Waals surface area (Å²) in [6.45, 7) is 8.13. The van der Waals surface area contributed by atoms with E-state index in [-0.39, 0.29) is 0 Å². The van der Waals surface area contributed by atoms with E-state index in [1.165, 1.54) is 7.11 Å². The molecule has 0 saturated carbocycles. The number of methoxy groups -OCH3 is 1. The first-order chi connectivity index (χ1) is 16.1. The largest absolute Gasteiger partial charge is 0.453 e. The van der Waals surface area contributed by atoms with Crippen LogP contribution in [0.25, 0.3) is 11.3 Å². The average Bonchev–Trinajstić information content (AvgIpc) is 3.38. The Balaban J connectivity index is 1.86. The molecule has 0 aliphatic heterocycles. The van der Waals surface area contributed by atoms with Crippen molar-refractivity contribution in [2.45, 2.75) is 52.3 Å². The Morgan fingerprint density at radius 3 is 2.47 bits per heavy atom. The molecule has 2 aromatic heterocycles. The highest BCUT2D eigenvalue weighted by atomic mass is 35.5. The van der Waals surface area contributed by atoms with Crippen molar-refractivity contribution in [3.05, 3.63) is 53.2 Å². The molecule has 11 heteroatoms. The van der Waals surface area contributed by atoms with Crippen molar-refractivity contribution in [3.63, 3.8) is 0 Å². The van der Waals surface area contributed by atoms with Gasteiger partial charge in [-0.05, 0) is 45.9 Å². The molecule has 1 aromatic carbocycles. The van der Waals surface area contributed by atoms with E-state index in [1.807, 2.05) is 23.9 Å². The van der Waals surface area contributed by atoms with Gasteiger partial charge in [0, 0.05) is 30.4 Å². The molecular formula is C23H29ClN6O4. The van der Waals surface area contributed by atoms with Crippen LogP contribution in [0.1, 0.15) is 45.3 Å². The molecule has 2 amide bonds. The molecule has 182 valence electrons. The maximum Gasteiger partial charge on any atom is 0.411 e. The number of aromatic nitrogens is 4. The van der Waals surface area contributed by atoms with Gasteiger partial charge < -0.3 is 19.8 Å². The third-order valence-electron chi connectivity index (χ3n) is 4.72. The maximum absolute atomic E-state index is 12.5. The van der Waals surface area contributed by atoms with Gasteiger partial charge in [0.05, 0.1) is 18.8 Å². The number of hydrogen-bond acceptors (Lipinski definition) is 6. The molecule has 3 rings (SSSR count). The highest BCUT2D eigenvalue weighted by molar-refractivity contribution is 6.31. The minimum Gasteiger partial charge on any atom is -0.453 e. The third kappa shape index (κ3) is 6.74. The second-order valence-electron chi connectivity index (χ2n) is 8.54. The lowest BCUT2D eigenvalue weighted by atomic mass is 10.1. The van der Waals surface area contributed by atoms with Gasteiger partial charge in [-0.2, -0.15) is 5.10 Å². The number of carbonyl (C=O) groups is 2. The summed E-state index contributed by atoms with van der Waals surface area (Å²) in [6.07, 6.45) is 1.14. The van der Waals surface area contributed by atoms with Gasteiger partial charge in [0.15, 0.2) is 0 Å². The number of anilines is 1. The minimum absolute atomic E-state index is 0.318. The number of ether oxygens (including phenoxy) is 2. The van der Waals surface area contributed by atoms with Crippen LogP contribution in [0.5, 0.6) is 0 Å². The molecule has 34 heavy (non-hydrogen) atoms. The van der Waals surface area contributed by atoms with Crippen LogP contribution in [0.4, 0.5) is 15.3 Å². The number of carbonyl (C=O) groups excluding carboxylic acids is 2. The summed E-state index contributed by atoms with van der Waals surface area (Å²) in [5.41, 5.74) is 1.95. The van der Waals surface area contributed by atoms with Gasteiger partial charge in [0.25, 0.3) is 0 Å². The summed E-state index contributed by atoms with van der Waals surface area (Å²) in [6, 6.07) is 8.31. The smallest absolute Gasteiger partial charge is 0.411 e. The Morgan fingerprint density at radius 1 is 1.18 bits per heavy atom. The number of rotatable bonds is 7. The molecule has 0 fully saturated rings. The van der Waals surface area contributed by atoms with Crippen LogP contribution >= 0.6 is 11.6 Å². The predicted octanol–water partition coefficient (Wildman–Crippen LogP) is 4.93. The molecule has 0 unspecified atom stereocenters. The van der Waals surface area contributed by atoms with E-state index in [1.54, 1.807) is 45.0 Å². The number of aromatic amines is 1. The highest BCUT2D eigenvalue weighted by Crippen LogP contribution is 2.29. The van der Waals surface area contributed by atoms with Gasteiger partial charge in [0.1, 0.15) is 22.3 Å². The quantitative estimate of drug-likeness (QED) is 0.433. The first-order valence-electron chi connectivity index (χ1n) is 10.8. The second kappa shape index (κ2) is 10.6. The first-order valence-corrected chi connectivity index (χ1v) is 11.2. The summed E-state index contributed by atoms with van der Waals surface area (Å²) in [5, 5.41) is 10.3. The molecule has 3 N–H and O–H groups in total. The van der Waals surface area contributed by atoms with Crippen molar-refractivity contribution >= 4 is 29.5 Å². The SMILES string of the molecule is CCn1ccc(C[C@H](NC(=O)OC(C)(C)C)c2nc(-c3ccc(NC(=O)OC)cc3)c(Cl)[nH]2)n1. The monoisotopic (exact) mass is 488 g/mol. The number of nitrogens with one attached hydrogen (secondary N) is 3. The number of alkyl carbamates (subject to hydrolysis) is 1. The van der Waals surface area contributed by atoms with E-state index in [9.17, 15) is 9.59 Å². The highest BCUT2D eigenvalue weighted by Gasteiger charge is 2.25. The molecule has 1 atom stereocenters. The van der Waals surface area contributed by atoms with Crippen LogP contribution in [0, 0.1) is 0 Å². The van der Waals surface area contributed by atoms with Crippen LogP contribution in [0.2, 0.25) is 5.15 Å². The predicted molar refractivity (Wildman–Crippen MR) is 129 cm³/mol. The Kier molecular flexibility index (Phi) is 7.83. The van der Waals surface area contributed by atoms with Crippen molar-refractivity contribution in [2.24, 2.45) is 0 Å². The normalized spacial score (nSPS) is 12.2. The standard InChI is InChI=1S/C23H29ClN6O4/c1-6-30-12-11-16(29-30)13-17(26-22(32)34-23(2,3)4)20-27-18(19(24)28-20)14-7-9-15(10-8-14)25-21(31)33-5/h7-12,17H,6,13H2,1-5H3,(H,25,31)(H,26,32)(H,27,28)/t17-/m0/s1. The van der Waals surface area contributed by atoms with Crippen LogP contribution < -0.4 is 10.6 Å². The maximum atomic E-state index is 12.5. The number of amides is 2. The fourth-order valence-electron chi connectivity index (χ4n) is 3.17. The van der Waals surface area contributed by atoms with Gasteiger partial charge in [-0.15, -0.1) is 0 Å². The fraction of sp³-hybridized carbons (Fsp3) is 0.391. The van der Waals surface area contributed by atoms with Gasteiger partial charge in [0.2, 0.25) is 0 Å². The van der Waals surface area contributed by atoms with Crippen LogP contribution in [0.3, 0.4) is 0 Å². The number of H-pyrrole nitrogens is 1. The van der Waals surface area contributed by atoms with Crippen LogP contribution in [0.15, 0.2) is 36.5 Å². The van der Waals surface area contributed by atoms with E-state index < -0.39 is 23.8 Å². The summed E-state index contributed by atoms with van der Waals surface area (Å²) in [7, 11) is 1.29. The summed E-state index contributed by atoms with van der Waals surface area (Å²) < 4.78 is 11.8. The number of aryl methyl sites for hydroxylation is 1. The van der Waals surface area contributed by atoms with Gasteiger partial charge >= 0.3 is 12.2 Å². The van der Waals surface area contributed by atoms with Crippen molar-refractivity contribution in [2.75, 3.05) is 12.4 Å². The van der Waals surface area contributed by atoms with Crippen molar-refractivity contribution in [3.8, 4) is 11.3 Å². The van der Waals surface area contributed by atoms with Gasteiger partial charge in [-0.25, -0.2) is 14.6 Å². The molecule has 0 bridgehead atoms.